The summed E-state index contributed by atoms with van der Waals surface area (Å²) in [5.41, 5.74) is 2.56. The van der Waals surface area contributed by atoms with Crippen LogP contribution in [-0.2, 0) is 25.5 Å². The van der Waals surface area contributed by atoms with Gasteiger partial charge in [-0.05, 0) is 35.9 Å². The number of nitrogens with zero attached hydrogens (tertiary/aromatic N) is 1. The summed E-state index contributed by atoms with van der Waals surface area (Å²) in [5, 5.41) is 3.78. The third-order valence-electron chi connectivity index (χ3n) is 5.78. The molecule has 1 fully saturated rings. The molecule has 2 aromatic carbocycles. The summed E-state index contributed by atoms with van der Waals surface area (Å²) in [7, 11) is 2.87. The minimum atomic E-state index is -0.850. The summed E-state index contributed by atoms with van der Waals surface area (Å²) < 4.78 is 10.1. The van der Waals surface area contributed by atoms with Crippen LogP contribution in [0.1, 0.15) is 12.0 Å². The van der Waals surface area contributed by atoms with Gasteiger partial charge in [0, 0.05) is 42.2 Å². The van der Waals surface area contributed by atoms with E-state index in [0.717, 1.165) is 16.5 Å². The molecule has 1 aliphatic heterocycles. The molecule has 8 heteroatoms. The summed E-state index contributed by atoms with van der Waals surface area (Å²) in [4.78, 5) is 42.7. The molecule has 1 aliphatic rings. The van der Waals surface area contributed by atoms with E-state index >= 15 is 0 Å². The number of H-pyrrole nitrogens is 1. The maximum atomic E-state index is 13.0. The first-order valence-electron chi connectivity index (χ1n) is 10.4. The second-order valence-electron chi connectivity index (χ2n) is 7.75. The number of anilines is 1. The number of carbonyl (C=O) groups excluding carboxylic acids is 3. The number of aromatic amines is 1. The second-order valence-corrected chi connectivity index (χ2v) is 7.75. The second kappa shape index (κ2) is 9.13. The molecule has 4 rings (SSSR count). The molecule has 0 spiro atoms. The normalized spacial score (nSPS) is 16.8. The van der Waals surface area contributed by atoms with Crippen LogP contribution in [0.4, 0.5) is 5.69 Å². The summed E-state index contributed by atoms with van der Waals surface area (Å²) in [6, 6.07) is 14.0. The van der Waals surface area contributed by atoms with Crippen molar-refractivity contribution < 1.29 is 23.9 Å². The van der Waals surface area contributed by atoms with E-state index < -0.39 is 17.9 Å². The number of hydrogen-bond acceptors (Lipinski definition) is 5. The highest BCUT2D eigenvalue weighted by Crippen LogP contribution is 2.27. The Bertz CT molecular complexity index is 1140. The number of nitrogens with one attached hydrogen (secondary N) is 2. The van der Waals surface area contributed by atoms with E-state index in [-0.39, 0.29) is 31.2 Å². The Morgan fingerprint density at radius 2 is 1.91 bits per heavy atom. The van der Waals surface area contributed by atoms with Crippen LogP contribution in [0.15, 0.2) is 54.7 Å². The van der Waals surface area contributed by atoms with E-state index in [1.54, 1.807) is 36.3 Å². The van der Waals surface area contributed by atoms with Gasteiger partial charge < -0.3 is 24.7 Å². The van der Waals surface area contributed by atoms with Crippen LogP contribution in [0.25, 0.3) is 10.9 Å². The third-order valence-corrected chi connectivity index (χ3v) is 5.78. The Balaban J connectivity index is 1.46. The van der Waals surface area contributed by atoms with Gasteiger partial charge >= 0.3 is 5.97 Å². The van der Waals surface area contributed by atoms with Crippen molar-refractivity contribution in [2.45, 2.75) is 18.9 Å². The van der Waals surface area contributed by atoms with Crippen LogP contribution in [0.5, 0.6) is 5.75 Å². The van der Waals surface area contributed by atoms with Crippen LogP contribution < -0.4 is 15.0 Å². The maximum Gasteiger partial charge on any atom is 0.328 e. The first-order valence-corrected chi connectivity index (χ1v) is 10.4. The monoisotopic (exact) mass is 435 g/mol. The molecule has 0 bridgehead atoms. The average molecular weight is 435 g/mol. The van der Waals surface area contributed by atoms with E-state index in [1.165, 1.54) is 7.11 Å². The number of carbonyl (C=O) groups is 3. The Kier molecular flexibility index (Phi) is 6.11. The van der Waals surface area contributed by atoms with Gasteiger partial charge in [-0.25, -0.2) is 4.79 Å². The molecule has 32 heavy (non-hydrogen) atoms. The number of methoxy groups -OCH3 is 2. The third kappa shape index (κ3) is 4.30. The van der Waals surface area contributed by atoms with Gasteiger partial charge in [0.1, 0.15) is 11.8 Å². The molecule has 1 saturated heterocycles. The highest BCUT2D eigenvalue weighted by atomic mass is 16.5. The number of rotatable bonds is 7. The number of benzene rings is 2. The smallest absolute Gasteiger partial charge is 0.328 e. The van der Waals surface area contributed by atoms with Gasteiger partial charge in [0.25, 0.3) is 0 Å². The highest BCUT2D eigenvalue weighted by molar-refractivity contribution is 6.01. The zero-order valence-corrected chi connectivity index (χ0v) is 18.0. The van der Waals surface area contributed by atoms with Crippen LogP contribution >= 0.6 is 0 Å². The topological polar surface area (TPSA) is 101 Å². The maximum absolute atomic E-state index is 13.0. The van der Waals surface area contributed by atoms with Crippen LogP contribution in [-0.4, -0.2) is 49.6 Å². The van der Waals surface area contributed by atoms with Crippen molar-refractivity contribution in [2.75, 3.05) is 25.7 Å². The molecule has 0 aliphatic carbocycles. The largest absolute Gasteiger partial charge is 0.497 e. The van der Waals surface area contributed by atoms with E-state index in [0.29, 0.717) is 11.4 Å². The van der Waals surface area contributed by atoms with Gasteiger partial charge in [0.05, 0.1) is 20.1 Å². The predicted molar refractivity (Wildman–Crippen MR) is 119 cm³/mol. The lowest BCUT2D eigenvalue weighted by Gasteiger charge is -2.20. The molecule has 0 unspecified atom stereocenters. The molecule has 2 atom stereocenters. The molecule has 0 saturated carbocycles. The zero-order valence-electron chi connectivity index (χ0n) is 18.0. The number of para-hydroxylation sites is 1. The van der Waals surface area contributed by atoms with Crippen LogP contribution in [0, 0.1) is 5.92 Å². The van der Waals surface area contributed by atoms with Gasteiger partial charge in [-0.2, -0.15) is 0 Å². The molecule has 8 nitrogen and oxygen atoms in total. The lowest BCUT2D eigenvalue weighted by Crippen LogP contribution is -2.46. The first kappa shape index (κ1) is 21.4. The molecule has 166 valence electrons. The molecule has 2 amide bonds. The zero-order chi connectivity index (χ0) is 22.7. The van der Waals surface area contributed by atoms with E-state index in [4.69, 9.17) is 9.47 Å². The first-order chi connectivity index (χ1) is 15.5. The Morgan fingerprint density at radius 3 is 2.62 bits per heavy atom. The van der Waals surface area contributed by atoms with Crippen molar-refractivity contribution in [1.82, 2.24) is 10.3 Å². The Morgan fingerprint density at radius 1 is 1.16 bits per heavy atom. The van der Waals surface area contributed by atoms with Crippen molar-refractivity contribution in [3.8, 4) is 5.75 Å². The van der Waals surface area contributed by atoms with E-state index in [2.05, 4.69) is 10.3 Å². The molecule has 2 heterocycles. The van der Waals surface area contributed by atoms with Crippen molar-refractivity contribution in [1.29, 1.82) is 0 Å². The molecule has 0 radical (unpaired) electrons. The highest BCUT2D eigenvalue weighted by Gasteiger charge is 2.37. The van der Waals surface area contributed by atoms with Crippen molar-refractivity contribution in [3.05, 3.63) is 60.3 Å². The number of esters is 1. The lowest BCUT2D eigenvalue weighted by molar-refractivity contribution is -0.145. The van der Waals surface area contributed by atoms with Crippen molar-refractivity contribution in [3.63, 3.8) is 0 Å². The summed E-state index contributed by atoms with van der Waals surface area (Å²) in [6.45, 7) is 0.248. The van der Waals surface area contributed by atoms with E-state index in [1.807, 2.05) is 30.5 Å². The summed E-state index contributed by atoms with van der Waals surface area (Å²) in [5.74, 6) is -0.876. The summed E-state index contributed by atoms with van der Waals surface area (Å²) >= 11 is 0. The van der Waals surface area contributed by atoms with Crippen molar-refractivity contribution >= 4 is 34.4 Å². The van der Waals surface area contributed by atoms with Crippen LogP contribution in [0.3, 0.4) is 0 Å². The van der Waals surface area contributed by atoms with Gasteiger partial charge in [-0.15, -0.1) is 0 Å². The molecule has 1 aromatic heterocycles. The standard InChI is InChI=1S/C24H25N3O5/c1-31-18-9-7-17(8-10-18)27-14-16(12-22(27)28)23(29)26-21(24(30)32-2)11-15-13-25-20-6-4-3-5-19(15)20/h3-10,13,16,21,25H,11-12,14H2,1-2H3,(H,26,29)/t16-,21+/m0/s1. The molecule has 3 aromatic rings. The van der Waals surface area contributed by atoms with Gasteiger partial charge in [0.15, 0.2) is 0 Å². The number of ether oxygens (including phenoxy) is 2. The minimum absolute atomic E-state index is 0.0822. The van der Waals surface area contributed by atoms with Crippen LogP contribution in [0.2, 0.25) is 0 Å². The quantitative estimate of drug-likeness (QED) is 0.555. The predicted octanol–water partition coefficient (Wildman–Crippen LogP) is 2.43. The minimum Gasteiger partial charge on any atom is -0.497 e. The van der Waals surface area contributed by atoms with E-state index in [9.17, 15) is 14.4 Å². The fourth-order valence-corrected chi connectivity index (χ4v) is 4.04. The van der Waals surface area contributed by atoms with Gasteiger partial charge in [-0.3, -0.25) is 9.59 Å². The van der Waals surface area contributed by atoms with Crippen molar-refractivity contribution in [2.24, 2.45) is 5.92 Å². The molecule has 2 N–H and O–H groups in total. The van der Waals surface area contributed by atoms with Gasteiger partial charge in [-0.1, -0.05) is 18.2 Å². The fourth-order valence-electron chi connectivity index (χ4n) is 4.04. The number of amides is 2. The summed E-state index contributed by atoms with van der Waals surface area (Å²) in [6.07, 6.45) is 2.20. The fraction of sp³-hybridized carbons (Fsp3) is 0.292. The molecular formula is C24H25N3O5. The number of hydrogen-bond donors (Lipinski definition) is 2. The Hall–Kier alpha value is -3.81. The number of fused-ring (bicyclic) bond motifs is 1. The Labute approximate surface area is 185 Å². The molecular weight excluding hydrogens is 410 g/mol. The number of aromatic nitrogens is 1. The van der Waals surface area contributed by atoms with Gasteiger partial charge in [0.2, 0.25) is 11.8 Å². The SMILES string of the molecule is COC(=O)[C@@H](Cc1c[nH]c2ccccc12)NC(=O)[C@H]1CC(=O)N(c2ccc(OC)cc2)C1. The lowest BCUT2D eigenvalue weighted by atomic mass is 10.0. The average Bonchev–Trinajstić information content (AvgIpc) is 3.41.